The van der Waals surface area contributed by atoms with Crippen LogP contribution in [-0.2, 0) is 4.74 Å². The summed E-state index contributed by atoms with van der Waals surface area (Å²) in [6, 6.07) is 0. The van der Waals surface area contributed by atoms with Gasteiger partial charge in [-0.05, 0) is 6.08 Å². The molecule has 0 aromatic rings. The minimum Gasteiger partial charge on any atom is -0.468 e. The molecule has 2 aliphatic heterocycles. The van der Waals surface area contributed by atoms with Crippen molar-refractivity contribution in [3.05, 3.63) is 24.6 Å². The standard InChI is InChI=1S/C6H6N2O/c1-2-6(9-5-1)3-4-7-8-6/h1,3-5H,2H2. The summed E-state index contributed by atoms with van der Waals surface area (Å²) < 4.78 is 5.17. The average Bonchev–Trinajstić information content (AvgIpc) is 2.45. The van der Waals surface area contributed by atoms with E-state index in [0.717, 1.165) is 6.42 Å². The van der Waals surface area contributed by atoms with Crippen molar-refractivity contribution in [2.45, 2.75) is 12.1 Å². The van der Waals surface area contributed by atoms with Crippen molar-refractivity contribution in [3.8, 4) is 0 Å². The smallest absolute Gasteiger partial charge is 0.242 e. The second kappa shape index (κ2) is 1.43. The summed E-state index contributed by atoms with van der Waals surface area (Å²) in [5.41, 5.74) is -0.444. The zero-order valence-electron chi connectivity index (χ0n) is 4.82. The molecule has 2 rings (SSSR count). The van der Waals surface area contributed by atoms with Gasteiger partial charge in [0, 0.05) is 12.5 Å². The first-order valence-electron chi connectivity index (χ1n) is 2.84. The number of azo groups is 1. The van der Waals surface area contributed by atoms with Crippen molar-refractivity contribution in [2.75, 3.05) is 0 Å². The normalized spacial score (nSPS) is 36.4. The molecule has 3 heteroatoms. The molecule has 0 aromatic carbocycles. The quantitative estimate of drug-likeness (QED) is 0.480. The molecule has 9 heavy (non-hydrogen) atoms. The molecule has 2 heterocycles. The lowest BCUT2D eigenvalue weighted by Crippen LogP contribution is -2.18. The van der Waals surface area contributed by atoms with Gasteiger partial charge in [-0.2, -0.15) is 5.11 Å². The molecule has 1 unspecified atom stereocenters. The van der Waals surface area contributed by atoms with E-state index in [0.29, 0.717) is 0 Å². The molecule has 0 N–H and O–H groups in total. The monoisotopic (exact) mass is 122 g/mol. The zero-order valence-corrected chi connectivity index (χ0v) is 4.82. The van der Waals surface area contributed by atoms with E-state index in [4.69, 9.17) is 4.74 Å². The Labute approximate surface area is 52.7 Å². The molecule has 1 atom stereocenters. The van der Waals surface area contributed by atoms with E-state index in [2.05, 4.69) is 10.2 Å². The molecule has 0 saturated heterocycles. The first-order chi connectivity index (χ1) is 4.41. The van der Waals surface area contributed by atoms with Crippen LogP contribution in [0.3, 0.4) is 0 Å². The van der Waals surface area contributed by atoms with E-state index < -0.39 is 5.72 Å². The van der Waals surface area contributed by atoms with Gasteiger partial charge in [-0.3, -0.25) is 0 Å². The molecule has 0 aliphatic carbocycles. The largest absolute Gasteiger partial charge is 0.468 e. The van der Waals surface area contributed by atoms with Gasteiger partial charge in [-0.1, -0.05) is 0 Å². The maximum atomic E-state index is 5.17. The van der Waals surface area contributed by atoms with Gasteiger partial charge in [-0.15, -0.1) is 5.11 Å². The number of hydrogen-bond acceptors (Lipinski definition) is 3. The highest BCUT2D eigenvalue weighted by Gasteiger charge is 2.31. The van der Waals surface area contributed by atoms with Crippen LogP contribution < -0.4 is 0 Å². The second-order valence-electron chi connectivity index (χ2n) is 2.07. The molecule has 1 spiro atoms. The van der Waals surface area contributed by atoms with Gasteiger partial charge < -0.3 is 4.74 Å². The fourth-order valence-corrected chi connectivity index (χ4v) is 0.917. The van der Waals surface area contributed by atoms with Crippen LogP contribution in [0, 0.1) is 0 Å². The van der Waals surface area contributed by atoms with E-state index in [1.807, 2.05) is 12.2 Å². The summed E-state index contributed by atoms with van der Waals surface area (Å²) in [5, 5.41) is 7.59. The van der Waals surface area contributed by atoms with Gasteiger partial charge in [0.25, 0.3) is 0 Å². The lowest BCUT2D eigenvalue weighted by molar-refractivity contribution is 0.100. The van der Waals surface area contributed by atoms with Gasteiger partial charge in [-0.25, -0.2) is 0 Å². The number of rotatable bonds is 0. The van der Waals surface area contributed by atoms with Crippen LogP contribution in [0.5, 0.6) is 0 Å². The van der Waals surface area contributed by atoms with Crippen LogP contribution in [0.2, 0.25) is 0 Å². The maximum Gasteiger partial charge on any atom is 0.242 e. The Kier molecular flexibility index (Phi) is 0.754. The predicted molar refractivity (Wildman–Crippen MR) is 31.6 cm³/mol. The lowest BCUT2D eigenvalue weighted by Gasteiger charge is -2.13. The van der Waals surface area contributed by atoms with Gasteiger partial charge >= 0.3 is 0 Å². The maximum absolute atomic E-state index is 5.17. The Hall–Kier alpha value is -1.12. The van der Waals surface area contributed by atoms with Gasteiger partial charge in [0.1, 0.15) is 0 Å². The van der Waals surface area contributed by atoms with Crippen molar-refractivity contribution in [3.63, 3.8) is 0 Å². The van der Waals surface area contributed by atoms with Crippen LogP contribution in [0.1, 0.15) is 6.42 Å². The summed E-state index contributed by atoms with van der Waals surface area (Å²) in [6.07, 6.45) is 7.93. The van der Waals surface area contributed by atoms with E-state index in [1.165, 1.54) is 0 Å². The summed E-state index contributed by atoms with van der Waals surface area (Å²) in [5.74, 6) is 0. The van der Waals surface area contributed by atoms with Crippen molar-refractivity contribution >= 4 is 0 Å². The number of ether oxygens (including phenoxy) is 1. The van der Waals surface area contributed by atoms with Crippen molar-refractivity contribution in [1.82, 2.24) is 0 Å². The molecular weight excluding hydrogens is 116 g/mol. The molecule has 2 aliphatic rings. The number of hydrogen-bond donors (Lipinski definition) is 0. The predicted octanol–water partition coefficient (Wildman–Crippen LogP) is 1.60. The Morgan fingerprint density at radius 1 is 1.56 bits per heavy atom. The van der Waals surface area contributed by atoms with E-state index in [-0.39, 0.29) is 0 Å². The van der Waals surface area contributed by atoms with Gasteiger partial charge in [0.2, 0.25) is 5.72 Å². The zero-order chi connectivity index (χ0) is 6.16. The highest BCUT2D eigenvalue weighted by Crippen LogP contribution is 2.29. The highest BCUT2D eigenvalue weighted by molar-refractivity contribution is 5.11. The SMILES string of the molecule is C1=COC2(C=CN=N2)C1. The third kappa shape index (κ3) is 0.575. The third-order valence-electron chi connectivity index (χ3n) is 1.41. The first-order valence-corrected chi connectivity index (χ1v) is 2.84. The van der Waals surface area contributed by atoms with Crippen LogP contribution in [0.25, 0.3) is 0 Å². The van der Waals surface area contributed by atoms with Gasteiger partial charge in [0.15, 0.2) is 0 Å². The first kappa shape index (κ1) is 4.73. The van der Waals surface area contributed by atoms with Crippen LogP contribution in [0.15, 0.2) is 34.8 Å². The number of nitrogens with zero attached hydrogens (tertiary/aromatic N) is 2. The summed E-state index contributed by atoms with van der Waals surface area (Å²) in [4.78, 5) is 0. The van der Waals surface area contributed by atoms with Crippen LogP contribution in [-0.4, -0.2) is 5.72 Å². The minimum absolute atomic E-state index is 0.444. The lowest BCUT2D eigenvalue weighted by atomic mass is 10.2. The summed E-state index contributed by atoms with van der Waals surface area (Å²) in [7, 11) is 0. The minimum atomic E-state index is -0.444. The Bertz CT molecular complexity index is 183. The summed E-state index contributed by atoms with van der Waals surface area (Å²) >= 11 is 0. The van der Waals surface area contributed by atoms with Gasteiger partial charge in [0.05, 0.1) is 12.5 Å². The van der Waals surface area contributed by atoms with Crippen LogP contribution >= 0.6 is 0 Å². The molecule has 0 amide bonds. The average molecular weight is 122 g/mol. The third-order valence-corrected chi connectivity index (χ3v) is 1.41. The molecule has 46 valence electrons. The van der Waals surface area contributed by atoms with E-state index in [1.54, 1.807) is 12.5 Å². The Balaban J connectivity index is 2.27. The molecule has 0 saturated carbocycles. The molecule has 3 nitrogen and oxygen atoms in total. The Morgan fingerprint density at radius 3 is 3.11 bits per heavy atom. The summed E-state index contributed by atoms with van der Waals surface area (Å²) in [6.45, 7) is 0. The molecule has 0 bridgehead atoms. The van der Waals surface area contributed by atoms with Crippen molar-refractivity contribution in [1.29, 1.82) is 0 Å². The topological polar surface area (TPSA) is 34.0 Å². The molecule has 0 aromatic heterocycles. The van der Waals surface area contributed by atoms with Crippen molar-refractivity contribution in [2.24, 2.45) is 10.2 Å². The highest BCUT2D eigenvalue weighted by atomic mass is 16.5. The van der Waals surface area contributed by atoms with Crippen molar-refractivity contribution < 1.29 is 4.74 Å². The van der Waals surface area contributed by atoms with E-state index in [9.17, 15) is 0 Å². The fraction of sp³-hybridized carbons (Fsp3) is 0.333. The fourth-order valence-electron chi connectivity index (χ4n) is 0.917. The Morgan fingerprint density at radius 2 is 2.56 bits per heavy atom. The molecular formula is C6H6N2O. The second-order valence-corrected chi connectivity index (χ2v) is 2.07. The van der Waals surface area contributed by atoms with E-state index >= 15 is 0 Å². The van der Waals surface area contributed by atoms with Crippen LogP contribution in [0.4, 0.5) is 0 Å². The molecule has 0 radical (unpaired) electrons. The molecule has 0 fully saturated rings.